The molecule has 1 atom stereocenters. The maximum Gasteiger partial charge on any atom is 0.242 e. The standard InChI is InChI=1S/C19H22Cl2N2O3S2/c1-3-13-5-4-6-15(11-13)22-19(24)17(9-10-27-2)23-28(25,26)18-12-14(20)7-8-16(18)21/h4-8,11-12,17,23H,3,9-10H2,1-2H3,(H,22,24). The lowest BCUT2D eigenvalue weighted by Gasteiger charge is -2.19. The van der Waals surface area contributed by atoms with Gasteiger partial charge in [0.2, 0.25) is 15.9 Å². The first-order chi connectivity index (χ1) is 13.3. The van der Waals surface area contributed by atoms with Gasteiger partial charge in [0, 0.05) is 10.7 Å². The molecule has 0 aromatic heterocycles. The Morgan fingerprint density at radius 3 is 2.61 bits per heavy atom. The van der Waals surface area contributed by atoms with E-state index in [9.17, 15) is 13.2 Å². The first kappa shape index (κ1) is 23.0. The number of amides is 1. The maximum atomic E-state index is 12.8. The van der Waals surface area contributed by atoms with Gasteiger partial charge in [-0.15, -0.1) is 0 Å². The number of rotatable bonds is 9. The minimum Gasteiger partial charge on any atom is -0.325 e. The Morgan fingerprint density at radius 2 is 1.93 bits per heavy atom. The van der Waals surface area contributed by atoms with Crippen molar-refractivity contribution in [3.8, 4) is 0 Å². The lowest BCUT2D eigenvalue weighted by atomic mass is 10.1. The SMILES string of the molecule is CCc1cccc(NC(=O)C(CCSC)NS(=O)(=O)c2cc(Cl)ccc2Cl)c1. The number of sulfonamides is 1. The van der Waals surface area contributed by atoms with Gasteiger partial charge in [-0.25, -0.2) is 8.42 Å². The van der Waals surface area contributed by atoms with Crippen LogP contribution < -0.4 is 10.0 Å². The van der Waals surface area contributed by atoms with E-state index in [0.717, 1.165) is 12.0 Å². The molecule has 0 heterocycles. The van der Waals surface area contributed by atoms with Crippen molar-refractivity contribution < 1.29 is 13.2 Å². The largest absolute Gasteiger partial charge is 0.325 e. The number of carbonyl (C=O) groups excluding carboxylic acids is 1. The van der Waals surface area contributed by atoms with E-state index >= 15 is 0 Å². The second kappa shape index (κ2) is 10.5. The number of carbonyl (C=O) groups is 1. The smallest absolute Gasteiger partial charge is 0.242 e. The molecule has 0 aliphatic rings. The van der Waals surface area contributed by atoms with E-state index < -0.39 is 22.0 Å². The van der Waals surface area contributed by atoms with Crippen LogP contribution in [0.25, 0.3) is 0 Å². The van der Waals surface area contributed by atoms with Crippen molar-refractivity contribution in [2.45, 2.75) is 30.7 Å². The molecule has 0 saturated heterocycles. The molecule has 0 saturated carbocycles. The summed E-state index contributed by atoms with van der Waals surface area (Å²) in [5.74, 6) is 0.183. The number of benzene rings is 2. The van der Waals surface area contributed by atoms with Gasteiger partial charge in [0.15, 0.2) is 0 Å². The molecule has 152 valence electrons. The lowest BCUT2D eigenvalue weighted by molar-refractivity contribution is -0.117. The van der Waals surface area contributed by atoms with Crippen molar-refractivity contribution in [2.75, 3.05) is 17.3 Å². The van der Waals surface area contributed by atoms with E-state index in [0.29, 0.717) is 17.9 Å². The zero-order chi connectivity index (χ0) is 20.7. The molecule has 1 amide bonds. The summed E-state index contributed by atoms with van der Waals surface area (Å²) in [5, 5.41) is 3.07. The highest BCUT2D eigenvalue weighted by Crippen LogP contribution is 2.25. The number of halogens is 2. The third-order valence-electron chi connectivity index (χ3n) is 4.01. The molecule has 2 N–H and O–H groups in total. The molecule has 2 rings (SSSR count). The third-order valence-corrected chi connectivity index (χ3v) is 6.84. The van der Waals surface area contributed by atoms with Gasteiger partial charge in [-0.05, 0) is 60.7 Å². The quantitative estimate of drug-likeness (QED) is 0.573. The summed E-state index contributed by atoms with van der Waals surface area (Å²) in [6.07, 6.45) is 3.05. The highest BCUT2D eigenvalue weighted by atomic mass is 35.5. The van der Waals surface area contributed by atoms with Crippen LogP contribution in [0.4, 0.5) is 5.69 Å². The van der Waals surface area contributed by atoms with Crippen LogP contribution in [0.2, 0.25) is 10.0 Å². The Balaban J connectivity index is 2.24. The summed E-state index contributed by atoms with van der Waals surface area (Å²) in [6.45, 7) is 2.02. The van der Waals surface area contributed by atoms with E-state index in [2.05, 4.69) is 10.0 Å². The first-order valence-electron chi connectivity index (χ1n) is 8.63. The maximum absolute atomic E-state index is 12.8. The van der Waals surface area contributed by atoms with Crippen molar-refractivity contribution in [2.24, 2.45) is 0 Å². The molecule has 0 radical (unpaired) electrons. The summed E-state index contributed by atoms with van der Waals surface area (Å²) < 4.78 is 28.1. The summed E-state index contributed by atoms with van der Waals surface area (Å²) in [5.41, 5.74) is 1.70. The molecule has 0 bridgehead atoms. The molecule has 5 nitrogen and oxygen atoms in total. The fraction of sp³-hybridized carbons (Fsp3) is 0.316. The highest BCUT2D eigenvalue weighted by Gasteiger charge is 2.27. The molecule has 1 unspecified atom stereocenters. The Bertz CT molecular complexity index is 937. The van der Waals surface area contributed by atoms with Crippen molar-refractivity contribution in [1.29, 1.82) is 0 Å². The van der Waals surface area contributed by atoms with Crippen LogP contribution in [0.1, 0.15) is 18.9 Å². The first-order valence-corrected chi connectivity index (χ1v) is 12.3. The van der Waals surface area contributed by atoms with Crippen molar-refractivity contribution in [3.63, 3.8) is 0 Å². The van der Waals surface area contributed by atoms with Gasteiger partial charge in [0.05, 0.1) is 5.02 Å². The average molecular weight is 461 g/mol. The van der Waals surface area contributed by atoms with Gasteiger partial charge in [-0.1, -0.05) is 42.3 Å². The monoisotopic (exact) mass is 460 g/mol. The van der Waals surface area contributed by atoms with E-state index in [1.54, 1.807) is 6.07 Å². The number of thioether (sulfide) groups is 1. The highest BCUT2D eigenvalue weighted by molar-refractivity contribution is 7.98. The number of nitrogens with one attached hydrogen (secondary N) is 2. The van der Waals surface area contributed by atoms with E-state index in [4.69, 9.17) is 23.2 Å². The number of anilines is 1. The summed E-state index contributed by atoms with van der Waals surface area (Å²) in [7, 11) is -4.03. The van der Waals surface area contributed by atoms with Crippen LogP contribution in [0.3, 0.4) is 0 Å². The summed E-state index contributed by atoms with van der Waals surface area (Å²) >= 11 is 13.5. The van der Waals surface area contributed by atoms with Gasteiger partial charge < -0.3 is 5.32 Å². The Kier molecular flexibility index (Phi) is 8.64. The minimum absolute atomic E-state index is 0.0385. The fourth-order valence-corrected chi connectivity index (χ4v) is 4.98. The van der Waals surface area contributed by atoms with Crippen LogP contribution in [0.15, 0.2) is 47.4 Å². The van der Waals surface area contributed by atoms with E-state index in [1.165, 1.54) is 30.0 Å². The molecular formula is C19H22Cl2N2O3S2. The van der Waals surface area contributed by atoms with Crippen molar-refractivity contribution in [1.82, 2.24) is 4.72 Å². The zero-order valence-electron chi connectivity index (χ0n) is 15.5. The molecule has 0 fully saturated rings. The Morgan fingerprint density at radius 1 is 1.18 bits per heavy atom. The number of hydrogen-bond donors (Lipinski definition) is 2. The molecular weight excluding hydrogens is 439 g/mol. The predicted molar refractivity (Wildman–Crippen MR) is 118 cm³/mol. The molecule has 2 aromatic carbocycles. The summed E-state index contributed by atoms with van der Waals surface area (Å²) in [4.78, 5) is 12.6. The van der Waals surface area contributed by atoms with Crippen molar-refractivity contribution >= 4 is 56.6 Å². The average Bonchev–Trinajstić information content (AvgIpc) is 2.66. The molecule has 9 heteroatoms. The van der Waals surface area contributed by atoms with Gasteiger partial charge in [-0.2, -0.15) is 16.5 Å². The topological polar surface area (TPSA) is 75.3 Å². The summed E-state index contributed by atoms with van der Waals surface area (Å²) in [6, 6.07) is 10.7. The van der Waals surface area contributed by atoms with Gasteiger partial charge >= 0.3 is 0 Å². The second-order valence-corrected chi connectivity index (χ2v) is 9.58. The minimum atomic E-state index is -4.03. The molecule has 28 heavy (non-hydrogen) atoms. The van der Waals surface area contributed by atoms with E-state index in [-0.39, 0.29) is 14.9 Å². The predicted octanol–water partition coefficient (Wildman–Crippen LogP) is 4.59. The van der Waals surface area contributed by atoms with Crippen molar-refractivity contribution in [3.05, 3.63) is 58.1 Å². The van der Waals surface area contributed by atoms with Crippen LogP contribution in [0, 0.1) is 0 Å². The number of hydrogen-bond acceptors (Lipinski definition) is 4. The number of aryl methyl sites for hydroxylation is 1. The Hall–Kier alpha value is -1.25. The van der Waals surface area contributed by atoms with Gasteiger partial charge in [-0.3, -0.25) is 4.79 Å². The lowest BCUT2D eigenvalue weighted by Crippen LogP contribution is -2.44. The fourth-order valence-electron chi connectivity index (χ4n) is 2.51. The molecule has 0 aliphatic heterocycles. The molecule has 2 aromatic rings. The van der Waals surface area contributed by atoms with Crippen LogP contribution in [-0.4, -0.2) is 32.4 Å². The van der Waals surface area contributed by atoms with Crippen LogP contribution in [0.5, 0.6) is 0 Å². The van der Waals surface area contributed by atoms with Gasteiger partial charge in [0.25, 0.3) is 0 Å². The Labute approximate surface area is 180 Å². The second-order valence-electron chi connectivity index (χ2n) is 6.07. The van der Waals surface area contributed by atoms with Crippen LogP contribution >= 0.6 is 35.0 Å². The van der Waals surface area contributed by atoms with Crippen LogP contribution in [-0.2, 0) is 21.2 Å². The van der Waals surface area contributed by atoms with E-state index in [1.807, 2.05) is 31.4 Å². The normalized spacial score (nSPS) is 12.6. The van der Waals surface area contributed by atoms with Gasteiger partial charge in [0.1, 0.15) is 10.9 Å². The molecule has 0 spiro atoms. The zero-order valence-corrected chi connectivity index (χ0v) is 18.7. The molecule has 0 aliphatic carbocycles. The third kappa shape index (κ3) is 6.39.